The van der Waals surface area contributed by atoms with Gasteiger partial charge in [0.25, 0.3) is 0 Å². The molecule has 0 saturated carbocycles. The maximum absolute atomic E-state index is 10.6. The van der Waals surface area contributed by atoms with E-state index in [4.69, 9.17) is 0 Å². The smallest absolute Gasteiger partial charge is 0.117 e. The second-order valence-electron chi connectivity index (χ2n) is 3.43. The van der Waals surface area contributed by atoms with Gasteiger partial charge in [-0.2, -0.15) is 0 Å². The molecule has 4 N–H and O–H groups in total. The van der Waals surface area contributed by atoms with Gasteiger partial charge in [0.15, 0.2) is 0 Å². The number of rotatable bonds is 7. The van der Waals surface area contributed by atoms with Crippen LogP contribution in [-0.2, 0) is 9.13 Å². The lowest BCUT2D eigenvalue weighted by atomic mass is 10.2. The van der Waals surface area contributed by atoms with Crippen molar-refractivity contribution in [2.75, 3.05) is 6.54 Å². The summed E-state index contributed by atoms with van der Waals surface area (Å²) in [6.07, 6.45) is 0.0302. The van der Waals surface area contributed by atoms with E-state index in [1.54, 1.807) is 0 Å². The highest BCUT2D eigenvalue weighted by Crippen LogP contribution is 2.61. The molecule has 16 heavy (non-hydrogen) atoms. The summed E-state index contributed by atoms with van der Waals surface area (Å²) in [5.41, 5.74) is 3.50. The average molecular weight is 274 g/mol. The minimum absolute atomic E-state index is 0.0467. The molecule has 8 nitrogen and oxygen atoms in total. The molecule has 0 aromatic rings. The Morgan fingerprint density at radius 1 is 1.00 bits per heavy atom. The van der Waals surface area contributed by atoms with Crippen molar-refractivity contribution in [3.8, 4) is 0 Å². The van der Waals surface area contributed by atoms with Gasteiger partial charge in [-0.25, -0.2) is 0 Å². The van der Waals surface area contributed by atoms with Gasteiger partial charge in [-0.15, -0.1) is 0 Å². The van der Waals surface area contributed by atoms with Crippen molar-refractivity contribution in [2.45, 2.75) is 30.8 Å². The average Bonchev–Trinajstić information content (AvgIpc) is 2.08. The topological polar surface area (TPSA) is 174 Å². The SMILES string of the molecule is [NH3+]CCCCCC(O)(P(=O)([O-])[O-])P(=O)([O-])[O-]. The predicted octanol–water partition coefficient (Wildman–Crippen LogP) is -3.74. The molecule has 0 aromatic heterocycles. The lowest BCUT2D eigenvalue weighted by Gasteiger charge is -2.56. The molecule has 0 aliphatic carbocycles. The summed E-state index contributed by atoms with van der Waals surface area (Å²) in [5.74, 6) is 0. The monoisotopic (exact) mass is 274 g/mol. The standard InChI is InChI=1S/C6H17NO7P2/c7-5-3-1-2-4-6(8,15(9,10)11)16(12,13)14/h8H,1-5,7H2,(H2,9,10,11)(H2,12,13,14)/p-3. The molecule has 98 valence electrons. The highest BCUT2D eigenvalue weighted by atomic mass is 31.2. The Kier molecular flexibility index (Phi) is 5.79. The van der Waals surface area contributed by atoms with Crippen molar-refractivity contribution in [1.29, 1.82) is 0 Å². The molecule has 10 heteroatoms. The summed E-state index contributed by atoms with van der Waals surface area (Å²) in [6, 6.07) is 0. The van der Waals surface area contributed by atoms with Crippen LogP contribution in [0, 0.1) is 0 Å². The first-order chi connectivity index (χ1) is 7.06. The van der Waals surface area contributed by atoms with Gasteiger partial charge in [0, 0.05) is 0 Å². The Labute approximate surface area is 92.8 Å². The van der Waals surface area contributed by atoms with Crippen LogP contribution in [0.25, 0.3) is 0 Å². The summed E-state index contributed by atoms with van der Waals surface area (Å²) in [5, 5.41) is 5.48. The zero-order valence-corrected chi connectivity index (χ0v) is 10.3. The summed E-state index contributed by atoms with van der Waals surface area (Å²) < 4.78 is 21.2. The molecule has 0 fully saturated rings. The molecule has 0 aliphatic rings. The van der Waals surface area contributed by atoms with Gasteiger partial charge in [0.2, 0.25) is 0 Å². The maximum Gasteiger partial charge on any atom is 0.117 e. The van der Waals surface area contributed by atoms with Gasteiger partial charge in [0.05, 0.1) is 6.54 Å². The molecule has 0 saturated heterocycles. The van der Waals surface area contributed by atoms with Crippen molar-refractivity contribution >= 4 is 15.2 Å². The van der Waals surface area contributed by atoms with Crippen molar-refractivity contribution in [2.24, 2.45) is 0 Å². The van der Waals surface area contributed by atoms with E-state index < -0.39 is 26.7 Å². The molecular weight excluding hydrogens is 260 g/mol. The fourth-order valence-corrected chi connectivity index (χ4v) is 3.20. The molecular formula is C6H14NO7P2-3. The number of hydrogen-bond donors (Lipinski definition) is 2. The van der Waals surface area contributed by atoms with E-state index in [9.17, 15) is 33.8 Å². The molecule has 0 rings (SSSR count). The van der Waals surface area contributed by atoms with E-state index in [1.165, 1.54) is 0 Å². The van der Waals surface area contributed by atoms with Crippen molar-refractivity contribution in [3.05, 3.63) is 0 Å². The fourth-order valence-electron chi connectivity index (χ4n) is 1.14. The summed E-state index contributed by atoms with van der Waals surface area (Å²) in [4.78, 5) is 42.4. The zero-order valence-electron chi connectivity index (χ0n) is 8.53. The Balaban J connectivity index is 4.73. The van der Waals surface area contributed by atoms with Crippen LogP contribution in [0.2, 0.25) is 0 Å². The minimum atomic E-state index is -5.91. The first-order valence-electron chi connectivity index (χ1n) is 4.62. The van der Waals surface area contributed by atoms with E-state index >= 15 is 0 Å². The van der Waals surface area contributed by atoms with Crippen molar-refractivity contribution in [3.63, 3.8) is 0 Å². The largest absolute Gasteiger partial charge is 0.808 e. The van der Waals surface area contributed by atoms with Crippen LogP contribution in [0.3, 0.4) is 0 Å². The Hall–Kier alpha value is 0.220. The third-order valence-corrected chi connectivity index (χ3v) is 5.81. The van der Waals surface area contributed by atoms with E-state index in [0.29, 0.717) is 19.4 Å². The van der Waals surface area contributed by atoms with Crippen LogP contribution in [0.1, 0.15) is 25.7 Å². The summed E-state index contributed by atoms with van der Waals surface area (Å²) in [7, 11) is -11.8. The third-order valence-electron chi connectivity index (χ3n) is 2.14. The van der Waals surface area contributed by atoms with Crippen LogP contribution in [0.4, 0.5) is 0 Å². The Bertz CT molecular complexity index is 286. The van der Waals surface area contributed by atoms with Crippen molar-refractivity contribution in [1.82, 2.24) is 0 Å². The summed E-state index contributed by atoms with van der Waals surface area (Å²) >= 11 is 0. The van der Waals surface area contributed by atoms with Crippen LogP contribution in [0.15, 0.2) is 0 Å². The quantitative estimate of drug-likeness (QED) is 0.354. The van der Waals surface area contributed by atoms with Gasteiger partial charge in [-0.3, -0.25) is 0 Å². The van der Waals surface area contributed by atoms with E-state index in [-0.39, 0.29) is 6.42 Å². The lowest BCUT2D eigenvalue weighted by Crippen LogP contribution is -2.50. The second-order valence-corrected chi connectivity index (χ2v) is 7.26. The van der Waals surface area contributed by atoms with Gasteiger partial charge < -0.3 is 39.5 Å². The van der Waals surface area contributed by atoms with Gasteiger partial charge >= 0.3 is 0 Å². The highest BCUT2D eigenvalue weighted by molar-refractivity contribution is 7.69. The third kappa shape index (κ3) is 3.91. The van der Waals surface area contributed by atoms with Gasteiger partial charge in [-0.05, 0) is 40.9 Å². The van der Waals surface area contributed by atoms with E-state index in [2.05, 4.69) is 5.73 Å². The minimum Gasteiger partial charge on any atom is -0.808 e. The van der Waals surface area contributed by atoms with Crippen LogP contribution < -0.4 is 25.3 Å². The highest BCUT2D eigenvalue weighted by Gasteiger charge is 2.34. The van der Waals surface area contributed by atoms with Gasteiger partial charge in [-0.1, -0.05) is 0 Å². The molecule has 0 heterocycles. The molecule has 0 amide bonds. The predicted molar refractivity (Wildman–Crippen MR) is 46.4 cm³/mol. The Morgan fingerprint density at radius 3 is 1.75 bits per heavy atom. The lowest BCUT2D eigenvalue weighted by molar-refractivity contribution is -0.368. The van der Waals surface area contributed by atoms with E-state index in [0.717, 1.165) is 0 Å². The number of hydrogen-bond acceptors (Lipinski definition) is 7. The normalized spacial score (nSPS) is 14.1. The van der Waals surface area contributed by atoms with Crippen LogP contribution >= 0.6 is 15.2 Å². The number of aliphatic hydroxyl groups is 1. The number of unbranched alkanes of at least 4 members (excludes halogenated alkanes) is 2. The van der Waals surface area contributed by atoms with Crippen LogP contribution in [-0.4, -0.2) is 16.7 Å². The van der Waals surface area contributed by atoms with Crippen LogP contribution in [0.5, 0.6) is 0 Å². The second kappa shape index (κ2) is 5.71. The first kappa shape index (κ1) is 16.2. The first-order valence-corrected chi connectivity index (χ1v) is 7.71. The molecule has 0 bridgehead atoms. The summed E-state index contributed by atoms with van der Waals surface area (Å²) in [6.45, 7) is 0.553. The molecule has 0 radical (unpaired) electrons. The van der Waals surface area contributed by atoms with E-state index in [1.807, 2.05) is 0 Å². The molecule has 0 aromatic carbocycles. The fraction of sp³-hybridized carbons (Fsp3) is 1.00. The maximum atomic E-state index is 10.6. The molecule has 0 atom stereocenters. The molecule has 0 aliphatic heterocycles. The van der Waals surface area contributed by atoms with Gasteiger partial charge in [0.1, 0.15) is 5.08 Å². The van der Waals surface area contributed by atoms with Crippen molar-refractivity contribution < 1.29 is 39.5 Å². The molecule has 0 spiro atoms. The molecule has 0 unspecified atom stereocenters. The number of quaternary nitrogens is 1. The zero-order chi connectivity index (χ0) is 13.0. The Morgan fingerprint density at radius 2 is 1.44 bits per heavy atom.